The summed E-state index contributed by atoms with van der Waals surface area (Å²) in [5.74, 6) is -0.172. The summed E-state index contributed by atoms with van der Waals surface area (Å²) < 4.78 is 10.4. The Morgan fingerprint density at radius 1 is 1.09 bits per heavy atom. The number of Topliss-reactive ketones (excluding diaryl/α,β-unsaturated/α-hetero) is 1. The van der Waals surface area contributed by atoms with Crippen LogP contribution < -0.4 is 0 Å². The maximum absolute atomic E-state index is 11.9. The summed E-state index contributed by atoms with van der Waals surface area (Å²) in [5, 5.41) is 47.3. The predicted octanol–water partition coefficient (Wildman–Crippen LogP) is -1.22. The van der Waals surface area contributed by atoms with E-state index < -0.39 is 37.3 Å². The number of phenolic OH excluding ortho intramolecular Hbond substituents is 1. The lowest BCUT2D eigenvalue weighted by molar-refractivity contribution is -0.300. The first-order valence-corrected chi connectivity index (χ1v) is 7.18. The average molecular weight is 328 g/mol. The highest BCUT2D eigenvalue weighted by Gasteiger charge is 2.43. The first-order valence-electron chi connectivity index (χ1n) is 7.18. The van der Waals surface area contributed by atoms with Crippen LogP contribution in [0, 0.1) is 0 Å². The maximum Gasteiger partial charge on any atom is 0.186 e. The number of carbonyl (C=O) groups excluding carboxylic acids is 1. The van der Waals surface area contributed by atoms with Gasteiger partial charge in [-0.25, -0.2) is 0 Å². The van der Waals surface area contributed by atoms with Crippen LogP contribution in [0.1, 0.15) is 16.8 Å². The molecule has 0 radical (unpaired) electrons. The van der Waals surface area contributed by atoms with E-state index in [1.807, 2.05) is 0 Å². The Balaban J connectivity index is 1.85. The van der Waals surface area contributed by atoms with Crippen LogP contribution in [-0.2, 0) is 9.47 Å². The van der Waals surface area contributed by atoms with E-state index >= 15 is 0 Å². The molecule has 1 aromatic carbocycles. The van der Waals surface area contributed by atoms with Crippen LogP contribution in [0.5, 0.6) is 5.75 Å². The van der Waals surface area contributed by atoms with Crippen LogP contribution in [0.2, 0.25) is 0 Å². The standard InChI is InChI=1S/C15H20O8/c16-7-11-12(19)13(20)14(21)15(23-11)22-6-5-10(18)8-1-3-9(17)4-2-8/h1-4,11-17,19-21H,5-7H2/t11-,12-,13+,14-,15-/m1/s1. The molecule has 5 N–H and O–H groups in total. The highest BCUT2D eigenvalue weighted by molar-refractivity contribution is 5.96. The number of aromatic hydroxyl groups is 1. The summed E-state index contributed by atoms with van der Waals surface area (Å²) >= 11 is 0. The van der Waals surface area contributed by atoms with Crippen molar-refractivity contribution in [3.05, 3.63) is 29.8 Å². The molecule has 0 aromatic heterocycles. The highest BCUT2D eigenvalue weighted by Crippen LogP contribution is 2.22. The zero-order valence-corrected chi connectivity index (χ0v) is 12.3. The van der Waals surface area contributed by atoms with Crippen LogP contribution in [0.25, 0.3) is 0 Å². The summed E-state index contributed by atoms with van der Waals surface area (Å²) in [6.45, 7) is -0.625. The third-order valence-corrected chi connectivity index (χ3v) is 3.65. The van der Waals surface area contributed by atoms with E-state index in [0.29, 0.717) is 5.56 Å². The van der Waals surface area contributed by atoms with Gasteiger partial charge in [-0.05, 0) is 24.3 Å². The molecule has 0 aliphatic carbocycles. The second kappa shape index (κ2) is 7.82. The van der Waals surface area contributed by atoms with Gasteiger partial charge >= 0.3 is 0 Å². The average Bonchev–Trinajstić information content (AvgIpc) is 2.55. The van der Waals surface area contributed by atoms with Crippen LogP contribution >= 0.6 is 0 Å². The van der Waals surface area contributed by atoms with E-state index in [4.69, 9.17) is 19.7 Å². The van der Waals surface area contributed by atoms with Crippen molar-refractivity contribution < 1.29 is 39.8 Å². The van der Waals surface area contributed by atoms with E-state index in [9.17, 15) is 20.1 Å². The quantitative estimate of drug-likeness (QED) is 0.410. The minimum absolute atomic E-state index is 0.000203. The van der Waals surface area contributed by atoms with Gasteiger partial charge in [-0.1, -0.05) is 0 Å². The van der Waals surface area contributed by atoms with Crippen LogP contribution in [-0.4, -0.2) is 75.2 Å². The molecular formula is C15H20O8. The number of benzene rings is 1. The zero-order valence-electron chi connectivity index (χ0n) is 12.3. The molecule has 8 nitrogen and oxygen atoms in total. The fourth-order valence-electron chi connectivity index (χ4n) is 2.26. The monoisotopic (exact) mass is 328 g/mol. The molecule has 5 atom stereocenters. The molecule has 1 aliphatic rings. The molecule has 1 fully saturated rings. The fraction of sp³-hybridized carbons (Fsp3) is 0.533. The second-order valence-electron chi connectivity index (χ2n) is 5.29. The van der Waals surface area contributed by atoms with E-state index in [0.717, 1.165) is 0 Å². The van der Waals surface area contributed by atoms with Crippen LogP contribution in [0.3, 0.4) is 0 Å². The van der Waals surface area contributed by atoms with Gasteiger partial charge in [0.05, 0.1) is 13.2 Å². The lowest BCUT2D eigenvalue weighted by Crippen LogP contribution is -2.59. The van der Waals surface area contributed by atoms with Gasteiger partial charge < -0.3 is 35.0 Å². The van der Waals surface area contributed by atoms with Gasteiger partial charge in [0.25, 0.3) is 0 Å². The van der Waals surface area contributed by atoms with Crippen molar-refractivity contribution in [1.82, 2.24) is 0 Å². The lowest BCUT2D eigenvalue weighted by Gasteiger charge is -2.39. The maximum atomic E-state index is 11.9. The number of carbonyl (C=O) groups is 1. The molecule has 1 saturated heterocycles. The normalized spacial score (nSPS) is 31.0. The molecule has 0 unspecified atom stereocenters. The summed E-state index contributed by atoms with van der Waals surface area (Å²) in [6, 6.07) is 5.74. The topological polar surface area (TPSA) is 137 Å². The third kappa shape index (κ3) is 4.25. The molecule has 1 heterocycles. The van der Waals surface area contributed by atoms with Crippen molar-refractivity contribution in [2.45, 2.75) is 37.1 Å². The molecule has 0 saturated carbocycles. The summed E-state index contributed by atoms with van der Waals surface area (Å²) in [4.78, 5) is 11.9. The Bertz CT molecular complexity index is 515. The van der Waals surface area contributed by atoms with Crippen molar-refractivity contribution in [1.29, 1.82) is 0 Å². The first-order chi connectivity index (χ1) is 10.9. The summed E-state index contributed by atoms with van der Waals surface area (Å²) in [7, 11) is 0. The van der Waals surface area contributed by atoms with Gasteiger partial charge in [0.15, 0.2) is 12.1 Å². The van der Waals surface area contributed by atoms with Gasteiger partial charge in [-0.2, -0.15) is 0 Å². The smallest absolute Gasteiger partial charge is 0.186 e. The minimum Gasteiger partial charge on any atom is -0.508 e. The molecule has 23 heavy (non-hydrogen) atoms. The Hall–Kier alpha value is -1.55. The van der Waals surface area contributed by atoms with Crippen LogP contribution in [0.4, 0.5) is 0 Å². The molecular weight excluding hydrogens is 308 g/mol. The van der Waals surface area contributed by atoms with Crippen molar-refractivity contribution in [2.75, 3.05) is 13.2 Å². The first kappa shape index (κ1) is 17.8. The Morgan fingerprint density at radius 2 is 1.74 bits per heavy atom. The molecule has 1 aromatic rings. The molecule has 1 aliphatic heterocycles. The summed E-state index contributed by atoms with van der Waals surface area (Å²) in [6.07, 6.45) is -6.76. The Labute approximate surface area is 132 Å². The van der Waals surface area contributed by atoms with Crippen molar-refractivity contribution in [3.8, 4) is 5.75 Å². The summed E-state index contributed by atoms with van der Waals surface area (Å²) in [5.41, 5.74) is 0.403. The molecule has 2 rings (SSSR count). The third-order valence-electron chi connectivity index (χ3n) is 3.65. The SMILES string of the molecule is O=C(CCO[C@@H]1O[C@H](CO)[C@@H](O)[C@H](O)[C@H]1O)c1ccc(O)cc1. The largest absolute Gasteiger partial charge is 0.508 e. The molecule has 0 amide bonds. The Morgan fingerprint density at radius 3 is 2.35 bits per heavy atom. The Kier molecular flexibility index (Phi) is 6.05. The number of aliphatic hydroxyl groups excluding tert-OH is 4. The predicted molar refractivity (Wildman–Crippen MR) is 76.8 cm³/mol. The van der Waals surface area contributed by atoms with Crippen molar-refractivity contribution in [2.24, 2.45) is 0 Å². The number of ether oxygens (including phenoxy) is 2. The number of phenols is 1. The number of aliphatic hydroxyl groups is 4. The molecule has 0 spiro atoms. The minimum atomic E-state index is -1.52. The van der Waals surface area contributed by atoms with E-state index in [1.165, 1.54) is 24.3 Å². The zero-order chi connectivity index (χ0) is 17.0. The number of ketones is 1. The number of rotatable bonds is 6. The molecule has 128 valence electrons. The van der Waals surface area contributed by atoms with Crippen molar-refractivity contribution >= 4 is 5.78 Å². The van der Waals surface area contributed by atoms with Crippen LogP contribution in [0.15, 0.2) is 24.3 Å². The van der Waals surface area contributed by atoms with E-state index in [-0.39, 0.29) is 24.6 Å². The van der Waals surface area contributed by atoms with Gasteiger partial charge in [-0.3, -0.25) is 4.79 Å². The highest BCUT2D eigenvalue weighted by atomic mass is 16.7. The van der Waals surface area contributed by atoms with Crippen molar-refractivity contribution in [3.63, 3.8) is 0 Å². The van der Waals surface area contributed by atoms with Gasteiger partial charge in [0.1, 0.15) is 30.2 Å². The lowest BCUT2D eigenvalue weighted by atomic mass is 9.99. The second-order valence-corrected chi connectivity index (χ2v) is 5.29. The van der Waals surface area contributed by atoms with E-state index in [2.05, 4.69) is 0 Å². The fourth-order valence-corrected chi connectivity index (χ4v) is 2.26. The van der Waals surface area contributed by atoms with Gasteiger partial charge in [0.2, 0.25) is 0 Å². The van der Waals surface area contributed by atoms with Gasteiger partial charge in [-0.15, -0.1) is 0 Å². The number of hydrogen-bond acceptors (Lipinski definition) is 8. The molecule has 8 heteroatoms. The number of hydrogen-bond donors (Lipinski definition) is 5. The molecule has 0 bridgehead atoms. The van der Waals surface area contributed by atoms with Gasteiger partial charge in [0, 0.05) is 12.0 Å². The van der Waals surface area contributed by atoms with E-state index in [1.54, 1.807) is 0 Å².